The minimum atomic E-state index is -1.83. The molecule has 0 saturated carbocycles. The third kappa shape index (κ3) is 31.7. The molecule has 3 aromatic heterocycles. The van der Waals surface area contributed by atoms with Crippen LogP contribution in [0.4, 0.5) is 0 Å². The second-order valence-corrected chi connectivity index (χ2v) is 34.4. The van der Waals surface area contributed by atoms with Crippen LogP contribution in [0.2, 0.25) is 0 Å². The maximum Gasteiger partial charge on any atom is 0.246 e. The van der Waals surface area contributed by atoms with Crippen molar-refractivity contribution in [2.75, 3.05) is 72.5 Å². The van der Waals surface area contributed by atoms with Gasteiger partial charge in [0.25, 0.3) is 0 Å². The number of para-hydroxylation sites is 1. The number of aryl methyl sites for hydroxylation is 1. The third-order valence-corrected chi connectivity index (χ3v) is 23.9. The molecule has 2 fully saturated rings. The lowest BCUT2D eigenvalue weighted by Gasteiger charge is -2.36. The highest BCUT2D eigenvalue weighted by Crippen LogP contribution is 2.25. The lowest BCUT2D eigenvalue weighted by molar-refractivity contribution is -0.149. The summed E-state index contributed by atoms with van der Waals surface area (Å²) in [5.41, 5.74) is 20.9. The number of carbonyl (C=O) groups excluding carboxylic acids is 17. The number of imidazole rings is 1. The number of rotatable bonds is 27. The molecule has 7 rings (SSSR count). The number of amides is 17. The van der Waals surface area contributed by atoms with Gasteiger partial charge in [-0.05, 0) is 87.8 Å². The fourth-order valence-electron chi connectivity index (χ4n) is 15.0. The van der Waals surface area contributed by atoms with E-state index >= 15 is 14.4 Å². The number of carbonyl (C=O) groups is 17. The smallest absolute Gasteiger partial charge is 0.246 e. The molecular weight excluding hydrogens is 1710 g/mol. The van der Waals surface area contributed by atoms with E-state index in [1.165, 1.54) is 59.0 Å². The van der Waals surface area contributed by atoms with Crippen LogP contribution in [0, 0.1) is 11.3 Å². The molecule has 5 aromatic rings. The summed E-state index contributed by atoms with van der Waals surface area (Å²) < 4.78 is 0. The first kappa shape index (κ1) is 103. The Morgan fingerprint density at radius 1 is 0.597 bits per heavy atom. The molecule has 0 aliphatic carbocycles. The van der Waals surface area contributed by atoms with E-state index in [4.69, 9.17) is 22.6 Å². The molecule has 129 heavy (non-hydrogen) atoms. The Kier molecular flexibility index (Phi) is 41.2. The maximum absolute atomic E-state index is 15.6. The first-order valence-electron chi connectivity index (χ1n) is 43.0. The first-order valence-corrected chi connectivity index (χ1v) is 45.1. The number of nitrogens with zero attached hydrogens (tertiary/aromatic N) is 7. The highest BCUT2D eigenvalue weighted by Gasteiger charge is 2.44. The van der Waals surface area contributed by atoms with Gasteiger partial charge in [0.1, 0.15) is 78.5 Å². The topological polar surface area (TPSA) is 618 Å². The molecule has 2 saturated heterocycles. The van der Waals surface area contributed by atoms with Gasteiger partial charge in [-0.2, -0.15) is 0 Å². The van der Waals surface area contributed by atoms with Crippen molar-refractivity contribution < 1.29 is 86.6 Å². The Hall–Kier alpha value is -12.6. The molecular formula is C85H124N24O18S2. The number of thioether (sulfide) groups is 1. The summed E-state index contributed by atoms with van der Waals surface area (Å²) in [7, 11) is 5.24. The van der Waals surface area contributed by atoms with Crippen LogP contribution >= 0.6 is 23.1 Å². The normalized spacial score (nSPS) is 23.7. The molecule has 13 atom stereocenters. The van der Waals surface area contributed by atoms with E-state index < -0.39 is 223 Å². The summed E-state index contributed by atoms with van der Waals surface area (Å²) in [6.45, 7) is 5.95. The number of fused-ring (bicyclic) bond motifs is 2. The fourth-order valence-corrected chi connectivity index (χ4v) is 16.4. The van der Waals surface area contributed by atoms with Gasteiger partial charge >= 0.3 is 0 Å². The SMILES string of the molecule is CCCC[C@H]1C(=O)N(C)[C@@H](CCCC)C(=O)N[C@@H](CCCNC(=N)N)C(=O)N[C@H](C(=O)NCC(N)=O)CSCC(=O)N[C@@H](Cc2ccccc2)C(=O)N(C)[C@@H](C)C(=O)N[C@@H](CC(N)=O)C(=O)N2CCC[C@H]2C(=O)N[C@@H](Cc2cnc[nH]2)C(=O)N[C@@H](CC(C)C)C(=O)N(C)CC(=O)N[C@@H](CCc2cscn2)C(=O)N[C@@H](CO)C(=O)N[C@@H](Cc2c[nH]c3ccccc23)C(=O)N1C. The van der Waals surface area contributed by atoms with Gasteiger partial charge in [0.15, 0.2) is 5.96 Å². The Bertz CT molecular complexity index is 4690. The summed E-state index contributed by atoms with van der Waals surface area (Å²) in [5, 5.41) is 50.2. The zero-order valence-corrected chi connectivity index (χ0v) is 75.8. The van der Waals surface area contributed by atoms with Crippen molar-refractivity contribution in [2.24, 2.45) is 23.1 Å². The van der Waals surface area contributed by atoms with Crippen molar-refractivity contribution in [3.8, 4) is 0 Å². The highest BCUT2D eigenvalue weighted by molar-refractivity contribution is 8.00. The standard InChI is InChI=1S/C85H124N24O18S2/c1-10-12-26-65-78(121)98-56(25-19-31-91-85(88)89)74(117)104-64(73(116)93-40-69(87)112)44-128-45-71(114)97-60(34-50-21-15-14-16-22-50)81(124)106(7)49(5)72(115)100-62(37-68(86)111)83(126)109-32-20-28-66(109)79(122)99-58(36-53-39-90-46-94-53)76(119)101-59(33-48(3)4)80(123)105(6)41-70(113)96-57(30-29-52-43-129-47-95-52)75(118)103-63(42-110)77(120)102-61(35-51-38-92-55-24-18-17-23-54(51)55)82(125)108(9)67(27-13-11-2)84(127)107(65)8/h14-18,21-24,38-39,43,46-49,56-67,92,110H,10-13,19-20,25-37,40-42,44-45H2,1-9H3,(H2,86,111)(H2,87,112)(H,90,94)(H,93,116)(H,96,113)(H,97,114)(H,98,121)(H,99,122)(H,100,115)(H,101,119)(H,102,120)(H,103,118)(H,104,117)(H4,88,89,91)/t49-,56-,57-,58-,59-,60-,61-,62-,63-,64-,65-,66-,67-/m0/s1. The number of unbranched alkanes of at least 4 members (excludes halogenated alkanes) is 2. The van der Waals surface area contributed by atoms with Crippen LogP contribution in [0.3, 0.4) is 0 Å². The van der Waals surface area contributed by atoms with Gasteiger partial charge in [-0.15, -0.1) is 23.1 Å². The number of aliphatic hydroxyl groups is 1. The number of aromatic amines is 2. The Balaban J connectivity index is 1.29. The van der Waals surface area contributed by atoms with Crippen molar-refractivity contribution >= 4 is 140 Å². The summed E-state index contributed by atoms with van der Waals surface area (Å²) in [4.78, 5) is 267. The number of nitrogens with one attached hydrogen (secondary N) is 14. The third-order valence-electron chi connectivity index (χ3n) is 22.2. The summed E-state index contributed by atoms with van der Waals surface area (Å²) >= 11 is 2.05. The van der Waals surface area contributed by atoms with E-state index in [2.05, 4.69) is 78.4 Å². The number of H-pyrrole nitrogens is 2. The van der Waals surface area contributed by atoms with E-state index in [0.29, 0.717) is 59.1 Å². The summed E-state index contributed by atoms with van der Waals surface area (Å²) in [6.07, 6.45) is 4.62. The van der Waals surface area contributed by atoms with E-state index in [0.717, 1.165) is 36.3 Å². The van der Waals surface area contributed by atoms with Crippen LogP contribution in [0.15, 0.2) is 84.2 Å². The molecule has 17 amide bonds. The van der Waals surface area contributed by atoms with Crippen molar-refractivity contribution in [3.63, 3.8) is 0 Å². The van der Waals surface area contributed by atoms with Gasteiger partial charge in [0.05, 0.1) is 49.4 Å². The zero-order valence-electron chi connectivity index (χ0n) is 74.2. The van der Waals surface area contributed by atoms with Crippen LogP contribution in [0.1, 0.15) is 141 Å². The fraction of sp³-hybridized carbons (Fsp3) is 0.553. The molecule has 0 unspecified atom stereocenters. The number of thiazole rings is 1. The van der Waals surface area contributed by atoms with Gasteiger partial charge < -0.3 is 115 Å². The van der Waals surface area contributed by atoms with Crippen LogP contribution in [0.25, 0.3) is 10.9 Å². The molecule has 21 N–H and O–H groups in total. The van der Waals surface area contributed by atoms with Crippen molar-refractivity contribution in [2.45, 2.75) is 222 Å². The number of primary amides is 2. The minimum Gasteiger partial charge on any atom is -0.394 e. The number of guanidine groups is 1. The predicted molar refractivity (Wildman–Crippen MR) is 478 cm³/mol. The van der Waals surface area contributed by atoms with Gasteiger partial charge in [0.2, 0.25) is 100 Å². The van der Waals surface area contributed by atoms with Crippen LogP contribution in [0.5, 0.6) is 0 Å². The summed E-state index contributed by atoms with van der Waals surface area (Å²) in [5.74, 6) is -17.0. The average molecular weight is 1830 g/mol. The lowest BCUT2D eigenvalue weighted by atomic mass is 10.00. The summed E-state index contributed by atoms with van der Waals surface area (Å²) in [6, 6.07) is -4.02. The Labute approximate surface area is 756 Å². The predicted octanol–water partition coefficient (Wildman–Crippen LogP) is -2.77. The largest absolute Gasteiger partial charge is 0.394 e. The zero-order chi connectivity index (χ0) is 94.7. The molecule has 5 heterocycles. The van der Waals surface area contributed by atoms with E-state index in [1.807, 2.05) is 13.8 Å². The van der Waals surface area contributed by atoms with Crippen LogP contribution in [-0.2, 0) is 107 Å². The van der Waals surface area contributed by atoms with E-state index in [1.54, 1.807) is 85.5 Å². The molecule has 2 aliphatic heterocycles. The molecule has 0 bridgehead atoms. The van der Waals surface area contributed by atoms with E-state index in [9.17, 15) is 72.2 Å². The van der Waals surface area contributed by atoms with E-state index in [-0.39, 0.29) is 96.1 Å². The van der Waals surface area contributed by atoms with Gasteiger partial charge in [-0.3, -0.25) is 86.9 Å². The molecule has 0 spiro atoms. The maximum atomic E-state index is 15.6. The second-order valence-electron chi connectivity index (χ2n) is 32.6. The second kappa shape index (κ2) is 51.4. The quantitative estimate of drug-likeness (QED) is 0.0144. The van der Waals surface area contributed by atoms with Crippen LogP contribution < -0.4 is 75.7 Å². The number of benzene rings is 2. The number of nitrogens with two attached hydrogens (primary N) is 3. The van der Waals surface area contributed by atoms with Crippen LogP contribution in [-0.4, -0.2) is 307 Å². The van der Waals surface area contributed by atoms with Gasteiger partial charge in [-0.1, -0.05) is 102 Å². The Morgan fingerprint density at radius 3 is 1.85 bits per heavy atom. The number of aromatic nitrogens is 4. The molecule has 704 valence electrons. The van der Waals surface area contributed by atoms with Gasteiger partial charge in [0, 0.05) is 101 Å². The number of hydrogen-bond acceptors (Lipinski definition) is 23. The van der Waals surface area contributed by atoms with Crippen molar-refractivity contribution in [1.29, 1.82) is 5.41 Å². The highest BCUT2D eigenvalue weighted by atomic mass is 32.2. The van der Waals surface area contributed by atoms with Crippen molar-refractivity contribution in [1.82, 2.24) is 103 Å². The lowest BCUT2D eigenvalue weighted by Crippen LogP contribution is -2.61. The first-order chi connectivity index (χ1) is 61.4. The van der Waals surface area contributed by atoms with Gasteiger partial charge in [-0.25, -0.2) is 9.97 Å². The monoisotopic (exact) mass is 1830 g/mol. The number of likely N-dealkylation sites (N-methyl/N-ethyl adjacent to an activating group) is 4. The number of hydrogen-bond donors (Lipinski definition) is 18. The number of aliphatic hydroxyl groups excluding tert-OH is 1. The molecule has 0 radical (unpaired) electrons. The molecule has 2 aromatic carbocycles. The molecule has 42 nitrogen and oxygen atoms in total. The molecule has 2 aliphatic rings. The Morgan fingerprint density at radius 2 is 1.20 bits per heavy atom. The van der Waals surface area contributed by atoms with Crippen molar-refractivity contribution in [3.05, 3.63) is 107 Å². The molecule has 44 heteroatoms. The minimum absolute atomic E-state index is 0.0000602. The average Bonchev–Trinajstić information content (AvgIpc) is 1.75.